The fraction of sp³-hybridized carbons (Fsp3) is 0.304. The van der Waals surface area contributed by atoms with Crippen molar-refractivity contribution >= 4 is 32.3 Å². The SMILES string of the molecule is OC[C@H]1CCCC[NH+]1Cc1ccc2ccc3cccc4ccc1c2c34. The minimum Gasteiger partial charge on any atom is -0.390 e. The summed E-state index contributed by atoms with van der Waals surface area (Å²) in [5, 5.41) is 17.9. The lowest BCUT2D eigenvalue weighted by Crippen LogP contribution is -3.15. The quantitative estimate of drug-likeness (QED) is 0.552. The first kappa shape index (κ1) is 15.1. The fourth-order valence-electron chi connectivity index (χ4n) is 4.80. The second-order valence-corrected chi connectivity index (χ2v) is 7.54. The van der Waals surface area contributed by atoms with Crippen molar-refractivity contribution < 1.29 is 10.0 Å². The summed E-state index contributed by atoms with van der Waals surface area (Å²) in [5.74, 6) is 0. The molecule has 0 radical (unpaired) electrons. The topological polar surface area (TPSA) is 24.7 Å². The van der Waals surface area contributed by atoms with Gasteiger partial charge in [0.15, 0.2) is 0 Å². The van der Waals surface area contributed by atoms with Crippen LogP contribution in [-0.2, 0) is 6.54 Å². The second-order valence-electron chi connectivity index (χ2n) is 7.54. The normalized spacial score (nSPS) is 21.5. The molecule has 0 aliphatic carbocycles. The Morgan fingerprint density at radius 1 is 0.840 bits per heavy atom. The van der Waals surface area contributed by atoms with Crippen LogP contribution in [0.4, 0.5) is 0 Å². The van der Waals surface area contributed by atoms with Crippen LogP contribution in [0, 0.1) is 0 Å². The third-order valence-corrected chi connectivity index (χ3v) is 6.13. The van der Waals surface area contributed by atoms with E-state index in [0.717, 1.165) is 13.0 Å². The van der Waals surface area contributed by atoms with E-state index in [1.54, 1.807) is 4.90 Å². The molecule has 2 nitrogen and oxygen atoms in total. The zero-order valence-corrected chi connectivity index (χ0v) is 14.5. The number of hydrogen-bond donors (Lipinski definition) is 2. The molecule has 4 aromatic rings. The first-order valence-corrected chi connectivity index (χ1v) is 9.46. The van der Waals surface area contributed by atoms with Crippen LogP contribution in [0.3, 0.4) is 0 Å². The van der Waals surface area contributed by atoms with Crippen molar-refractivity contribution in [2.24, 2.45) is 0 Å². The van der Waals surface area contributed by atoms with Crippen LogP contribution in [0.25, 0.3) is 32.3 Å². The molecule has 1 aliphatic heterocycles. The molecule has 5 rings (SSSR count). The molecule has 0 amide bonds. The molecule has 2 atom stereocenters. The van der Waals surface area contributed by atoms with Crippen molar-refractivity contribution in [3.8, 4) is 0 Å². The molecule has 1 fully saturated rings. The maximum atomic E-state index is 9.75. The highest BCUT2D eigenvalue weighted by Gasteiger charge is 2.26. The van der Waals surface area contributed by atoms with Crippen molar-refractivity contribution in [1.82, 2.24) is 0 Å². The van der Waals surface area contributed by atoms with Gasteiger partial charge in [-0.3, -0.25) is 0 Å². The molecule has 0 spiro atoms. The van der Waals surface area contributed by atoms with Gasteiger partial charge >= 0.3 is 0 Å². The minimum atomic E-state index is 0.307. The summed E-state index contributed by atoms with van der Waals surface area (Å²) in [6, 6.07) is 20.6. The van der Waals surface area contributed by atoms with Crippen LogP contribution in [0.1, 0.15) is 24.8 Å². The Balaban J connectivity index is 1.68. The van der Waals surface area contributed by atoms with E-state index >= 15 is 0 Å². The molecule has 4 aromatic carbocycles. The van der Waals surface area contributed by atoms with Gasteiger partial charge in [0.2, 0.25) is 0 Å². The number of aliphatic hydroxyl groups excluding tert-OH is 1. The third kappa shape index (κ3) is 2.40. The van der Waals surface area contributed by atoms with E-state index in [4.69, 9.17) is 0 Å². The number of quaternary nitrogens is 1. The number of hydrogen-bond acceptors (Lipinski definition) is 1. The van der Waals surface area contributed by atoms with Gasteiger partial charge in [-0.05, 0) is 45.2 Å². The summed E-state index contributed by atoms with van der Waals surface area (Å²) in [6.07, 6.45) is 3.68. The molecular weight excluding hydrogens is 306 g/mol. The highest BCUT2D eigenvalue weighted by molar-refractivity contribution is 6.23. The van der Waals surface area contributed by atoms with Gasteiger partial charge in [-0.15, -0.1) is 0 Å². The van der Waals surface area contributed by atoms with Gasteiger partial charge in [0.05, 0.1) is 13.2 Å². The summed E-state index contributed by atoms with van der Waals surface area (Å²) < 4.78 is 0. The molecule has 25 heavy (non-hydrogen) atoms. The summed E-state index contributed by atoms with van der Waals surface area (Å²) in [4.78, 5) is 1.55. The number of rotatable bonds is 3. The molecule has 0 saturated carbocycles. The van der Waals surface area contributed by atoms with Gasteiger partial charge in [-0.25, -0.2) is 0 Å². The summed E-state index contributed by atoms with van der Waals surface area (Å²) in [7, 11) is 0. The smallest absolute Gasteiger partial charge is 0.111 e. The molecule has 2 N–H and O–H groups in total. The number of benzene rings is 4. The maximum absolute atomic E-state index is 9.75. The zero-order chi connectivity index (χ0) is 16.8. The summed E-state index contributed by atoms with van der Waals surface area (Å²) in [5.41, 5.74) is 1.42. The van der Waals surface area contributed by atoms with Gasteiger partial charge < -0.3 is 10.0 Å². The van der Waals surface area contributed by atoms with Crippen molar-refractivity contribution in [3.05, 3.63) is 60.2 Å². The molecule has 1 unspecified atom stereocenters. The Kier molecular flexibility index (Phi) is 3.61. The molecule has 1 saturated heterocycles. The Hall–Kier alpha value is -2.16. The Morgan fingerprint density at radius 2 is 1.56 bits per heavy atom. The van der Waals surface area contributed by atoms with E-state index in [2.05, 4.69) is 54.6 Å². The molecule has 0 aromatic heterocycles. The molecule has 2 heteroatoms. The van der Waals surface area contributed by atoms with Gasteiger partial charge in [-0.1, -0.05) is 54.6 Å². The monoisotopic (exact) mass is 330 g/mol. The number of nitrogens with one attached hydrogen (secondary N) is 1. The lowest BCUT2D eigenvalue weighted by Gasteiger charge is -2.31. The third-order valence-electron chi connectivity index (χ3n) is 6.13. The predicted molar refractivity (Wildman–Crippen MR) is 104 cm³/mol. The summed E-state index contributed by atoms with van der Waals surface area (Å²) >= 11 is 0. The van der Waals surface area contributed by atoms with Crippen LogP contribution in [-0.4, -0.2) is 24.3 Å². The first-order chi connectivity index (χ1) is 12.3. The Labute approximate surface area is 148 Å². The number of aliphatic hydroxyl groups is 1. The fourth-order valence-corrected chi connectivity index (χ4v) is 4.80. The molecule has 126 valence electrons. The van der Waals surface area contributed by atoms with Crippen LogP contribution in [0.2, 0.25) is 0 Å². The standard InChI is InChI=1S/C23H23NO/c25-15-20-6-1-2-13-24(20)14-19-10-9-18-8-7-16-4-3-5-17-11-12-21(19)23(18)22(16)17/h3-5,7-12,20,25H,1-2,6,13-15H2/p+1/t20-/m1/s1. The Morgan fingerprint density at radius 3 is 2.36 bits per heavy atom. The van der Waals surface area contributed by atoms with E-state index in [0.29, 0.717) is 12.6 Å². The molecule has 1 heterocycles. The van der Waals surface area contributed by atoms with Gasteiger partial charge in [0.25, 0.3) is 0 Å². The lowest BCUT2D eigenvalue weighted by atomic mass is 9.91. The average Bonchev–Trinajstić information content (AvgIpc) is 2.67. The highest BCUT2D eigenvalue weighted by Crippen LogP contribution is 2.35. The van der Waals surface area contributed by atoms with Crippen LogP contribution < -0.4 is 4.90 Å². The van der Waals surface area contributed by atoms with E-state index in [-0.39, 0.29) is 0 Å². The lowest BCUT2D eigenvalue weighted by molar-refractivity contribution is -0.944. The molecule has 0 bridgehead atoms. The highest BCUT2D eigenvalue weighted by atomic mass is 16.3. The van der Waals surface area contributed by atoms with Gasteiger partial charge in [-0.2, -0.15) is 0 Å². The average molecular weight is 330 g/mol. The van der Waals surface area contributed by atoms with Crippen molar-refractivity contribution in [3.63, 3.8) is 0 Å². The largest absolute Gasteiger partial charge is 0.390 e. The van der Waals surface area contributed by atoms with Crippen LogP contribution >= 0.6 is 0 Å². The van der Waals surface area contributed by atoms with Crippen molar-refractivity contribution in [2.45, 2.75) is 31.8 Å². The number of likely N-dealkylation sites (tertiary alicyclic amines) is 1. The minimum absolute atomic E-state index is 0.307. The molecule has 1 aliphatic rings. The Bertz CT molecular complexity index is 1020. The van der Waals surface area contributed by atoms with E-state index in [1.807, 2.05) is 0 Å². The zero-order valence-electron chi connectivity index (χ0n) is 14.5. The first-order valence-electron chi connectivity index (χ1n) is 9.46. The van der Waals surface area contributed by atoms with Crippen LogP contribution in [0.5, 0.6) is 0 Å². The van der Waals surface area contributed by atoms with Gasteiger partial charge in [0.1, 0.15) is 12.6 Å². The summed E-state index contributed by atoms with van der Waals surface area (Å²) in [6.45, 7) is 2.49. The van der Waals surface area contributed by atoms with Crippen molar-refractivity contribution in [1.29, 1.82) is 0 Å². The van der Waals surface area contributed by atoms with E-state index in [1.165, 1.54) is 57.3 Å². The van der Waals surface area contributed by atoms with E-state index in [9.17, 15) is 5.11 Å². The van der Waals surface area contributed by atoms with Gasteiger partial charge in [0, 0.05) is 12.0 Å². The van der Waals surface area contributed by atoms with Crippen LogP contribution in [0.15, 0.2) is 54.6 Å². The predicted octanol–water partition coefficient (Wildman–Crippen LogP) is 3.51. The molecular formula is C23H24NO+. The number of piperidine rings is 1. The maximum Gasteiger partial charge on any atom is 0.111 e. The van der Waals surface area contributed by atoms with Crippen molar-refractivity contribution in [2.75, 3.05) is 13.2 Å². The van der Waals surface area contributed by atoms with E-state index < -0.39 is 0 Å². The second kappa shape index (κ2) is 5.98.